The number of imide groups is 1. The Morgan fingerprint density at radius 1 is 1.08 bits per heavy atom. The molecule has 1 saturated heterocycles. The maximum Gasteiger partial charge on any atom is 0.259 e. The lowest BCUT2D eigenvalue weighted by Crippen LogP contribution is -2.40. The molecule has 0 bridgehead atoms. The van der Waals surface area contributed by atoms with E-state index in [1.165, 1.54) is 24.3 Å². The summed E-state index contributed by atoms with van der Waals surface area (Å²) < 4.78 is 0. The first-order valence-electron chi connectivity index (χ1n) is 7.20. The van der Waals surface area contributed by atoms with Crippen molar-refractivity contribution in [2.75, 3.05) is 9.96 Å². The number of para-hydroxylation sites is 1. The lowest BCUT2D eigenvalue weighted by atomic mass is 10.2. The number of rotatable bonds is 4. The van der Waals surface area contributed by atoms with Crippen LogP contribution in [0.15, 0.2) is 54.6 Å². The lowest BCUT2D eigenvalue weighted by molar-refractivity contribution is -0.255. The van der Waals surface area contributed by atoms with Crippen molar-refractivity contribution >= 4 is 29.2 Å². The number of aromatic carboxylic acids is 1. The minimum absolute atomic E-state index is 0.0533. The molecule has 0 radical (unpaired) electrons. The van der Waals surface area contributed by atoms with Crippen molar-refractivity contribution < 1.29 is 24.7 Å². The van der Waals surface area contributed by atoms with Crippen LogP contribution in [0.3, 0.4) is 0 Å². The highest BCUT2D eigenvalue weighted by Gasteiger charge is 2.43. The van der Waals surface area contributed by atoms with Gasteiger partial charge in [0.15, 0.2) is 0 Å². The van der Waals surface area contributed by atoms with Crippen LogP contribution < -0.4 is 15.1 Å². The maximum absolute atomic E-state index is 12.5. The standard InChI is InChI=1S/C17H14N2O5/c20-15-10-14(19(24)13-4-2-1-3-5-13)16(21)18(15)12-8-6-11(7-9-12)17(22)23/h1-9,14,24H,10H2,(H,22,23)/p-1/t14-/m0/s1. The quantitative estimate of drug-likeness (QED) is 0.652. The summed E-state index contributed by atoms with van der Waals surface area (Å²) >= 11 is 0. The Morgan fingerprint density at radius 3 is 2.29 bits per heavy atom. The molecule has 0 unspecified atom stereocenters. The van der Waals surface area contributed by atoms with E-state index in [-0.39, 0.29) is 17.7 Å². The Balaban J connectivity index is 1.85. The average molecular weight is 325 g/mol. The van der Waals surface area contributed by atoms with Gasteiger partial charge in [0.05, 0.1) is 23.8 Å². The molecule has 1 fully saturated rings. The molecule has 1 aliphatic heterocycles. The van der Waals surface area contributed by atoms with E-state index in [4.69, 9.17) is 0 Å². The summed E-state index contributed by atoms with van der Waals surface area (Å²) in [4.78, 5) is 36.4. The first kappa shape index (κ1) is 15.7. The zero-order valence-electron chi connectivity index (χ0n) is 12.5. The molecule has 1 heterocycles. The number of carboxylic acid groups (broad SMARTS) is 1. The molecule has 2 aromatic carbocycles. The Hall–Kier alpha value is -3.19. The fourth-order valence-corrected chi connectivity index (χ4v) is 2.59. The van der Waals surface area contributed by atoms with Crippen molar-refractivity contribution in [2.45, 2.75) is 12.5 Å². The second kappa shape index (κ2) is 6.13. The van der Waals surface area contributed by atoms with E-state index in [0.717, 1.165) is 9.96 Å². The summed E-state index contributed by atoms with van der Waals surface area (Å²) in [5.41, 5.74) is 0.597. The second-order valence-corrected chi connectivity index (χ2v) is 5.30. The van der Waals surface area contributed by atoms with Gasteiger partial charge in [-0.05, 0) is 29.8 Å². The van der Waals surface area contributed by atoms with Crippen molar-refractivity contribution in [2.24, 2.45) is 0 Å². The van der Waals surface area contributed by atoms with Gasteiger partial charge in [-0.25, -0.2) is 9.96 Å². The summed E-state index contributed by atoms with van der Waals surface area (Å²) in [7, 11) is 0. The summed E-state index contributed by atoms with van der Waals surface area (Å²) in [6.45, 7) is 0. The van der Waals surface area contributed by atoms with Gasteiger partial charge in [-0.1, -0.05) is 30.3 Å². The molecule has 0 saturated carbocycles. The van der Waals surface area contributed by atoms with Gasteiger partial charge in [0, 0.05) is 0 Å². The van der Waals surface area contributed by atoms with Crippen LogP contribution in [0.25, 0.3) is 0 Å². The Bertz CT molecular complexity index is 788. The van der Waals surface area contributed by atoms with Crippen molar-refractivity contribution in [3.63, 3.8) is 0 Å². The van der Waals surface area contributed by atoms with Crippen LogP contribution in [0.1, 0.15) is 16.8 Å². The van der Waals surface area contributed by atoms with Crippen LogP contribution in [-0.2, 0) is 9.59 Å². The number of amides is 2. The number of anilines is 2. The fourth-order valence-electron chi connectivity index (χ4n) is 2.59. The normalized spacial score (nSPS) is 17.2. The molecule has 1 aliphatic rings. The van der Waals surface area contributed by atoms with Crippen LogP contribution in [0, 0.1) is 0 Å². The summed E-state index contributed by atoms with van der Waals surface area (Å²) in [6, 6.07) is 12.6. The third kappa shape index (κ3) is 2.72. The molecule has 1 N–H and O–H groups in total. The van der Waals surface area contributed by atoms with Crippen LogP contribution >= 0.6 is 0 Å². The summed E-state index contributed by atoms with van der Waals surface area (Å²) in [5.74, 6) is -2.39. The number of hydrogen-bond acceptors (Lipinski definition) is 6. The zero-order chi connectivity index (χ0) is 17.3. The number of hydrogen-bond donors (Lipinski definition) is 1. The highest BCUT2D eigenvalue weighted by atomic mass is 16.5. The largest absolute Gasteiger partial charge is 0.545 e. The van der Waals surface area contributed by atoms with Crippen molar-refractivity contribution in [3.8, 4) is 0 Å². The lowest BCUT2D eigenvalue weighted by Gasteiger charge is -2.22. The number of carbonyl (C=O) groups excluding carboxylic acids is 3. The molecule has 2 aromatic rings. The Morgan fingerprint density at radius 2 is 1.71 bits per heavy atom. The first-order valence-corrected chi connectivity index (χ1v) is 7.20. The van der Waals surface area contributed by atoms with Crippen LogP contribution in [-0.4, -0.2) is 29.0 Å². The molecule has 122 valence electrons. The van der Waals surface area contributed by atoms with Crippen molar-refractivity contribution in [3.05, 3.63) is 60.2 Å². The molecule has 0 aliphatic carbocycles. The number of carbonyl (C=O) groups is 3. The van der Waals surface area contributed by atoms with E-state index < -0.39 is 23.8 Å². The summed E-state index contributed by atoms with van der Waals surface area (Å²) in [6.07, 6.45) is -0.174. The van der Waals surface area contributed by atoms with E-state index in [1.54, 1.807) is 30.3 Å². The molecular weight excluding hydrogens is 312 g/mol. The molecule has 24 heavy (non-hydrogen) atoms. The predicted octanol–water partition coefficient (Wildman–Crippen LogP) is 0.578. The van der Waals surface area contributed by atoms with Gasteiger partial charge in [0.2, 0.25) is 5.91 Å². The third-order valence-corrected chi connectivity index (χ3v) is 3.80. The predicted molar refractivity (Wildman–Crippen MR) is 82.4 cm³/mol. The topological polar surface area (TPSA) is 101 Å². The molecule has 3 rings (SSSR count). The van der Waals surface area contributed by atoms with E-state index in [2.05, 4.69) is 0 Å². The number of nitrogens with zero attached hydrogens (tertiary/aromatic N) is 2. The van der Waals surface area contributed by atoms with Gasteiger partial charge in [-0.3, -0.25) is 14.8 Å². The minimum atomic E-state index is -1.34. The molecular formula is C17H13N2O5-. The van der Waals surface area contributed by atoms with Crippen molar-refractivity contribution in [1.29, 1.82) is 0 Å². The van der Waals surface area contributed by atoms with Gasteiger partial charge in [0.1, 0.15) is 6.04 Å². The van der Waals surface area contributed by atoms with Gasteiger partial charge in [-0.15, -0.1) is 0 Å². The Kier molecular flexibility index (Phi) is 4.01. The molecule has 0 spiro atoms. The van der Waals surface area contributed by atoms with Crippen LogP contribution in [0.5, 0.6) is 0 Å². The Labute approximate surface area is 137 Å². The number of hydroxylamine groups is 1. The van der Waals surface area contributed by atoms with Gasteiger partial charge in [-0.2, -0.15) is 0 Å². The van der Waals surface area contributed by atoms with Crippen LogP contribution in [0.2, 0.25) is 0 Å². The van der Waals surface area contributed by atoms with Gasteiger partial charge >= 0.3 is 0 Å². The highest BCUT2D eigenvalue weighted by molar-refractivity contribution is 6.23. The number of carboxylic acids is 1. The highest BCUT2D eigenvalue weighted by Crippen LogP contribution is 2.27. The molecule has 2 amide bonds. The van der Waals surface area contributed by atoms with Crippen LogP contribution in [0.4, 0.5) is 11.4 Å². The smallest absolute Gasteiger partial charge is 0.259 e. The van der Waals surface area contributed by atoms with E-state index in [1.807, 2.05) is 0 Å². The molecule has 1 atom stereocenters. The number of benzene rings is 2. The van der Waals surface area contributed by atoms with Gasteiger partial charge < -0.3 is 9.90 Å². The molecule has 0 aromatic heterocycles. The van der Waals surface area contributed by atoms with Crippen molar-refractivity contribution in [1.82, 2.24) is 0 Å². The second-order valence-electron chi connectivity index (χ2n) is 5.30. The zero-order valence-corrected chi connectivity index (χ0v) is 12.5. The van der Waals surface area contributed by atoms with E-state index in [9.17, 15) is 24.7 Å². The van der Waals surface area contributed by atoms with E-state index in [0.29, 0.717) is 5.69 Å². The maximum atomic E-state index is 12.5. The molecule has 7 nitrogen and oxygen atoms in total. The minimum Gasteiger partial charge on any atom is -0.545 e. The fraction of sp³-hybridized carbons (Fsp3) is 0.118. The van der Waals surface area contributed by atoms with E-state index >= 15 is 0 Å². The third-order valence-electron chi connectivity index (χ3n) is 3.80. The summed E-state index contributed by atoms with van der Waals surface area (Å²) in [5, 5.41) is 21.8. The van der Waals surface area contributed by atoms with Gasteiger partial charge in [0.25, 0.3) is 5.91 Å². The first-order chi connectivity index (χ1) is 11.5. The molecule has 7 heteroatoms. The SMILES string of the molecule is O=C([O-])c1ccc(N2C(=O)C[C@H](N(O)c3ccccc3)C2=O)cc1. The monoisotopic (exact) mass is 325 g/mol. The average Bonchev–Trinajstić information content (AvgIpc) is 2.89.